The molecule has 0 bridgehead atoms. The normalized spacial score (nSPS) is 11.5. The predicted octanol–water partition coefficient (Wildman–Crippen LogP) is 3.21. The van der Waals surface area contributed by atoms with Crippen LogP contribution in [0.25, 0.3) is 0 Å². The summed E-state index contributed by atoms with van der Waals surface area (Å²) in [5, 5.41) is 2.75. The lowest BCUT2D eigenvalue weighted by molar-refractivity contribution is -0.116. The standard InChI is InChI=1S/C19H24N2O3S/c1-4-16-8-10-17(11-9-16)20-19(22)14-21(5-2)25(23,24)18-12-6-15(3)7-13-18/h6-13H,4-5,14H2,1-3H3,(H,20,22). The molecule has 0 aromatic heterocycles. The highest BCUT2D eigenvalue weighted by Gasteiger charge is 2.25. The number of carbonyl (C=O) groups is 1. The van der Waals surface area contributed by atoms with Crippen LogP contribution in [0.4, 0.5) is 5.69 Å². The number of hydrogen-bond acceptors (Lipinski definition) is 3. The lowest BCUT2D eigenvalue weighted by Gasteiger charge is -2.20. The largest absolute Gasteiger partial charge is 0.325 e. The first-order valence-corrected chi connectivity index (χ1v) is 9.76. The second kappa shape index (κ2) is 8.27. The van der Waals surface area contributed by atoms with E-state index in [1.165, 1.54) is 9.87 Å². The number of nitrogens with zero attached hydrogens (tertiary/aromatic N) is 1. The van der Waals surface area contributed by atoms with Crippen molar-refractivity contribution < 1.29 is 13.2 Å². The number of carbonyl (C=O) groups excluding carboxylic acids is 1. The molecule has 0 spiro atoms. The Morgan fingerprint density at radius 2 is 1.60 bits per heavy atom. The smallest absolute Gasteiger partial charge is 0.243 e. The summed E-state index contributed by atoms with van der Waals surface area (Å²) in [6.07, 6.45) is 0.923. The van der Waals surface area contributed by atoms with E-state index in [-0.39, 0.29) is 23.9 Å². The van der Waals surface area contributed by atoms with Gasteiger partial charge in [0.2, 0.25) is 15.9 Å². The van der Waals surface area contributed by atoms with Gasteiger partial charge in [-0.15, -0.1) is 0 Å². The first-order chi connectivity index (χ1) is 11.9. The predicted molar refractivity (Wildman–Crippen MR) is 100 cm³/mol. The summed E-state index contributed by atoms with van der Waals surface area (Å²) in [5.74, 6) is -0.359. The third kappa shape index (κ3) is 4.90. The van der Waals surface area contributed by atoms with Crippen LogP contribution in [0, 0.1) is 6.92 Å². The Bertz CT molecular complexity index is 813. The van der Waals surface area contributed by atoms with Crippen LogP contribution in [-0.4, -0.2) is 31.7 Å². The molecular weight excluding hydrogens is 336 g/mol. The van der Waals surface area contributed by atoms with Gasteiger partial charge in [-0.3, -0.25) is 4.79 Å². The van der Waals surface area contributed by atoms with Crippen molar-refractivity contribution in [3.05, 3.63) is 59.7 Å². The number of sulfonamides is 1. The molecule has 0 radical (unpaired) electrons. The maximum atomic E-state index is 12.7. The number of benzene rings is 2. The quantitative estimate of drug-likeness (QED) is 0.824. The highest BCUT2D eigenvalue weighted by Crippen LogP contribution is 2.16. The summed E-state index contributed by atoms with van der Waals surface area (Å²) in [6.45, 7) is 5.67. The Labute approximate surface area is 149 Å². The number of nitrogens with one attached hydrogen (secondary N) is 1. The number of likely N-dealkylation sites (N-methyl/N-ethyl adjacent to an activating group) is 1. The van der Waals surface area contributed by atoms with Gasteiger partial charge in [0, 0.05) is 12.2 Å². The molecule has 0 fully saturated rings. The molecule has 2 aromatic carbocycles. The SMILES string of the molecule is CCc1ccc(NC(=O)CN(CC)S(=O)(=O)c2ccc(C)cc2)cc1. The van der Waals surface area contributed by atoms with E-state index in [0.29, 0.717) is 5.69 Å². The molecule has 2 rings (SSSR count). The summed E-state index contributed by atoms with van der Waals surface area (Å²) in [5.41, 5.74) is 2.82. The summed E-state index contributed by atoms with van der Waals surface area (Å²) in [7, 11) is -3.69. The minimum atomic E-state index is -3.69. The molecule has 0 heterocycles. The van der Waals surface area contributed by atoms with Crippen molar-refractivity contribution in [1.29, 1.82) is 0 Å². The molecule has 0 aliphatic rings. The number of anilines is 1. The molecular formula is C19H24N2O3S. The van der Waals surface area contributed by atoms with Crippen LogP contribution in [-0.2, 0) is 21.2 Å². The van der Waals surface area contributed by atoms with Crippen molar-refractivity contribution in [2.75, 3.05) is 18.4 Å². The lowest BCUT2D eigenvalue weighted by atomic mass is 10.1. The number of amides is 1. The molecule has 134 valence electrons. The molecule has 0 aliphatic carbocycles. The van der Waals surface area contributed by atoms with E-state index >= 15 is 0 Å². The average Bonchev–Trinajstić information content (AvgIpc) is 2.60. The van der Waals surface area contributed by atoms with Gasteiger partial charge < -0.3 is 5.32 Å². The highest BCUT2D eigenvalue weighted by molar-refractivity contribution is 7.89. The van der Waals surface area contributed by atoms with Gasteiger partial charge in [0.25, 0.3) is 0 Å². The van der Waals surface area contributed by atoms with Crippen molar-refractivity contribution in [1.82, 2.24) is 4.31 Å². The van der Waals surface area contributed by atoms with Crippen LogP contribution < -0.4 is 5.32 Å². The fourth-order valence-electron chi connectivity index (χ4n) is 2.41. The average molecular weight is 360 g/mol. The zero-order chi connectivity index (χ0) is 18.4. The summed E-state index contributed by atoms with van der Waals surface area (Å²) >= 11 is 0. The van der Waals surface area contributed by atoms with E-state index in [2.05, 4.69) is 12.2 Å². The van der Waals surface area contributed by atoms with E-state index in [1.54, 1.807) is 31.2 Å². The van der Waals surface area contributed by atoms with Crippen molar-refractivity contribution in [2.45, 2.75) is 32.1 Å². The van der Waals surface area contributed by atoms with Gasteiger partial charge in [0.05, 0.1) is 11.4 Å². The molecule has 6 heteroatoms. The lowest BCUT2D eigenvalue weighted by Crippen LogP contribution is -2.37. The van der Waals surface area contributed by atoms with Gasteiger partial charge in [-0.1, -0.05) is 43.7 Å². The van der Waals surface area contributed by atoms with Gasteiger partial charge in [-0.05, 0) is 43.2 Å². The van der Waals surface area contributed by atoms with Crippen LogP contribution in [0.1, 0.15) is 25.0 Å². The second-order valence-electron chi connectivity index (χ2n) is 5.84. The first-order valence-electron chi connectivity index (χ1n) is 8.32. The fraction of sp³-hybridized carbons (Fsp3) is 0.316. The van der Waals surface area contributed by atoms with E-state index in [4.69, 9.17) is 0 Å². The fourth-order valence-corrected chi connectivity index (χ4v) is 3.82. The Morgan fingerprint density at radius 1 is 1.00 bits per heavy atom. The minimum absolute atomic E-state index is 0.194. The van der Waals surface area contributed by atoms with Crippen LogP contribution in [0.5, 0.6) is 0 Å². The monoisotopic (exact) mass is 360 g/mol. The van der Waals surface area contributed by atoms with Gasteiger partial charge in [-0.25, -0.2) is 8.42 Å². The van der Waals surface area contributed by atoms with E-state index < -0.39 is 10.0 Å². The molecule has 0 saturated heterocycles. The maximum absolute atomic E-state index is 12.7. The molecule has 5 nitrogen and oxygen atoms in total. The Balaban J connectivity index is 2.09. The zero-order valence-electron chi connectivity index (χ0n) is 14.8. The van der Waals surface area contributed by atoms with E-state index in [1.807, 2.05) is 31.2 Å². The zero-order valence-corrected chi connectivity index (χ0v) is 15.6. The van der Waals surface area contributed by atoms with Crippen molar-refractivity contribution in [2.24, 2.45) is 0 Å². The van der Waals surface area contributed by atoms with Crippen LogP contribution in [0.2, 0.25) is 0 Å². The molecule has 0 atom stereocenters. The number of hydrogen-bond donors (Lipinski definition) is 1. The number of rotatable bonds is 7. The summed E-state index contributed by atoms with van der Waals surface area (Å²) in [4.78, 5) is 12.4. The van der Waals surface area contributed by atoms with Crippen LogP contribution >= 0.6 is 0 Å². The van der Waals surface area contributed by atoms with E-state index in [0.717, 1.165) is 12.0 Å². The molecule has 1 amide bonds. The van der Waals surface area contributed by atoms with Gasteiger partial charge in [0.1, 0.15) is 0 Å². The Kier molecular flexibility index (Phi) is 6.33. The highest BCUT2D eigenvalue weighted by atomic mass is 32.2. The summed E-state index contributed by atoms with van der Waals surface area (Å²) < 4.78 is 26.6. The van der Waals surface area contributed by atoms with Crippen LogP contribution in [0.3, 0.4) is 0 Å². The van der Waals surface area contributed by atoms with E-state index in [9.17, 15) is 13.2 Å². The Morgan fingerprint density at radius 3 is 2.12 bits per heavy atom. The summed E-state index contributed by atoms with van der Waals surface area (Å²) in [6, 6.07) is 14.1. The molecule has 0 unspecified atom stereocenters. The maximum Gasteiger partial charge on any atom is 0.243 e. The van der Waals surface area contributed by atoms with Gasteiger partial charge in [0.15, 0.2) is 0 Å². The molecule has 1 N–H and O–H groups in total. The molecule has 2 aromatic rings. The van der Waals surface area contributed by atoms with Crippen LogP contribution in [0.15, 0.2) is 53.4 Å². The number of aryl methyl sites for hydroxylation is 2. The second-order valence-corrected chi connectivity index (χ2v) is 7.78. The van der Waals surface area contributed by atoms with Crippen molar-refractivity contribution in [3.63, 3.8) is 0 Å². The van der Waals surface area contributed by atoms with Crippen molar-refractivity contribution >= 4 is 21.6 Å². The molecule has 0 aliphatic heterocycles. The minimum Gasteiger partial charge on any atom is -0.325 e. The van der Waals surface area contributed by atoms with Gasteiger partial charge >= 0.3 is 0 Å². The molecule has 25 heavy (non-hydrogen) atoms. The topological polar surface area (TPSA) is 66.5 Å². The van der Waals surface area contributed by atoms with Crippen molar-refractivity contribution in [3.8, 4) is 0 Å². The van der Waals surface area contributed by atoms with Gasteiger partial charge in [-0.2, -0.15) is 4.31 Å². The third-order valence-electron chi connectivity index (χ3n) is 3.98. The third-order valence-corrected chi connectivity index (χ3v) is 5.91. The Hall–Kier alpha value is -2.18. The molecule has 0 saturated carbocycles. The first kappa shape index (κ1) is 19.1.